The van der Waals surface area contributed by atoms with Crippen molar-refractivity contribution in [2.24, 2.45) is 0 Å². The first kappa shape index (κ1) is 15.8. The van der Waals surface area contributed by atoms with Crippen molar-refractivity contribution in [3.63, 3.8) is 0 Å². The molecular weight excluding hydrogens is 310 g/mol. The summed E-state index contributed by atoms with van der Waals surface area (Å²) in [4.78, 5) is 13.4. The van der Waals surface area contributed by atoms with Gasteiger partial charge in [-0.15, -0.1) is 0 Å². The highest BCUT2D eigenvalue weighted by Gasteiger charge is 2.20. The molecule has 1 aromatic carbocycles. The van der Waals surface area contributed by atoms with Crippen LogP contribution in [0.3, 0.4) is 0 Å². The van der Waals surface area contributed by atoms with E-state index in [2.05, 4.69) is 15.9 Å². The number of rotatable bonds is 3. The second-order valence-corrected chi connectivity index (χ2v) is 6.12. The predicted molar refractivity (Wildman–Crippen MR) is 78.4 cm³/mol. The van der Waals surface area contributed by atoms with Crippen molar-refractivity contribution in [3.05, 3.63) is 28.2 Å². The molecule has 0 saturated carbocycles. The van der Waals surface area contributed by atoms with E-state index in [-0.39, 0.29) is 6.09 Å². The summed E-state index contributed by atoms with van der Waals surface area (Å²) in [5.74, 6) is 0.734. The average molecular weight is 330 g/mol. The van der Waals surface area contributed by atoms with Crippen LogP contribution in [0.4, 0.5) is 4.79 Å². The molecule has 0 aliphatic heterocycles. The number of hydrogen-bond acceptors (Lipinski definition) is 3. The van der Waals surface area contributed by atoms with Gasteiger partial charge in [-0.2, -0.15) is 0 Å². The normalized spacial score (nSPS) is 11.1. The fourth-order valence-electron chi connectivity index (χ4n) is 1.57. The zero-order chi connectivity index (χ0) is 14.6. The van der Waals surface area contributed by atoms with Gasteiger partial charge in [-0.3, -0.25) is 0 Å². The van der Waals surface area contributed by atoms with Gasteiger partial charge >= 0.3 is 6.09 Å². The second-order valence-electron chi connectivity index (χ2n) is 5.27. The van der Waals surface area contributed by atoms with Crippen molar-refractivity contribution < 1.29 is 14.3 Å². The molecule has 1 aromatic rings. The van der Waals surface area contributed by atoms with Crippen LogP contribution in [0.5, 0.6) is 5.75 Å². The number of carbonyl (C=O) groups excluding carboxylic acids is 1. The molecule has 0 aromatic heterocycles. The van der Waals surface area contributed by atoms with Gasteiger partial charge in [0.1, 0.15) is 11.4 Å². The Hall–Kier alpha value is -1.23. The third-order valence-electron chi connectivity index (χ3n) is 2.37. The Morgan fingerprint density at radius 2 is 2.00 bits per heavy atom. The maximum Gasteiger partial charge on any atom is 0.410 e. The molecule has 5 heteroatoms. The molecule has 0 fully saturated rings. The molecule has 0 radical (unpaired) electrons. The fourth-order valence-corrected chi connectivity index (χ4v) is 2.14. The van der Waals surface area contributed by atoms with E-state index in [1.54, 1.807) is 14.2 Å². The summed E-state index contributed by atoms with van der Waals surface area (Å²) in [5, 5.41) is 0. The van der Waals surface area contributed by atoms with Crippen LogP contribution < -0.4 is 4.74 Å². The second kappa shape index (κ2) is 6.28. The molecule has 0 N–H and O–H groups in total. The summed E-state index contributed by atoms with van der Waals surface area (Å²) in [6.45, 7) is 5.97. The maximum absolute atomic E-state index is 11.9. The van der Waals surface area contributed by atoms with Crippen LogP contribution in [0.25, 0.3) is 0 Å². The molecular formula is C14H20BrNO3. The highest BCUT2D eigenvalue weighted by atomic mass is 79.9. The Kier molecular flexibility index (Phi) is 5.23. The van der Waals surface area contributed by atoms with Crippen LogP contribution in [-0.4, -0.2) is 30.8 Å². The molecule has 0 aliphatic rings. The SMILES string of the molecule is COc1c(Br)cccc1CN(C)C(=O)OC(C)(C)C. The molecule has 0 aliphatic carbocycles. The minimum Gasteiger partial charge on any atom is -0.495 e. The molecule has 4 nitrogen and oxygen atoms in total. The lowest BCUT2D eigenvalue weighted by Gasteiger charge is -2.25. The van der Waals surface area contributed by atoms with E-state index < -0.39 is 5.60 Å². The summed E-state index contributed by atoms with van der Waals surface area (Å²) < 4.78 is 11.5. The number of methoxy groups -OCH3 is 1. The average Bonchev–Trinajstić information content (AvgIpc) is 2.27. The molecule has 0 spiro atoms. The molecule has 0 saturated heterocycles. The van der Waals surface area contributed by atoms with Crippen molar-refractivity contribution in [1.29, 1.82) is 0 Å². The summed E-state index contributed by atoms with van der Waals surface area (Å²) in [7, 11) is 3.31. The van der Waals surface area contributed by atoms with Crippen molar-refractivity contribution >= 4 is 22.0 Å². The van der Waals surface area contributed by atoms with Gasteiger partial charge in [0.15, 0.2) is 0 Å². The molecule has 106 valence electrons. The molecule has 1 amide bonds. The maximum atomic E-state index is 11.9. The van der Waals surface area contributed by atoms with Crippen LogP contribution in [-0.2, 0) is 11.3 Å². The van der Waals surface area contributed by atoms with E-state index in [9.17, 15) is 4.79 Å². The largest absolute Gasteiger partial charge is 0.495 e. The van der Waals surface area contributed by atoms with E-state index in [0.29, 0.717) is 6.54 Å². The van der Waals surface area contributed by atoms with Gasteiger partial charge in [0.2, 0.25) is 0 Å². The Bertz CT molecular complexity index is 454. The lowest BCUT2D eigenvalue weighted by Crippen LogP contribution is -2.33. The summed E-state index contributed by atoms with van der Waals surface area (Å²) in [6.07, 6.45) is -0.352. The first-order valence-electron chi connectivity index (χ1n) is 6.00. The number of nitrogens with zero attached hydrogens (tertiary/aromatic N) is 1. The summed E-state index contributed by atoms with van der Waals surface area (Å²) >= 11 is 3.42. The Balaban J connectivity index is 2.80. The quantitative estimate of drug-likeness (QED) is 0.846. The number of ether oxygens (including phenoxy) is 2. The summed E-state index contributed by atoms with van der Waals surface area (Å²) in [6, 6.07) is 5.73. The standard InChI is InChI=1S/C14H20BrNO3/c1-14(2,3)19-13(17)16(4)9-10-7-6-8-11(15)12(10)18-5/h6-8H,9H2,1-5H3. The van der Waals surface area contributed by atoms with Crippen LogP contribution in [0.15, 0.2) is 22.7 Å². The number of amides is 1. The smallest absolute Gasteiger partial charge is 0.410 e. The van der Waals surface area contributed by atoms with E-state index in [0.717, 1.165) is 15.8 Å². The van der Waals surface area contributed by atoms with Gasteiger partial charge in [0.25, 0.3) is 0 Å². The topological polar surface area (TPSA) is 38.8 Å². The highest BCUT2D eigenvalue weighted by molar-refractivity contribution is 9.10. The van der Waals surface area contributed by atoms with Crippen molar-refractivity contribution in [2.75, 3.05) is 14.2 Å². The Labute approximate surface area is 122 Å². The third-order valence-corrected chi connectivity index (χ3v) is 2.99. The van der Waals surface area contributed by atoms with E-state index >= 15 is 0 Å². The third kappa shape index (κ3) is 4.74. The lowest BCUT2D eigenvalue weighted by molar-refractivity contribution is 0.0284. The van der Waals surface area contributed by atoms with Crippen LogP contribution >= 0.6 is 15.9 Å². The highest BCUT2D eigenvalue weighted by Crippen LogP contribution is 2.29. The predicted octanol–water partition coefficient (Wildman–Crippen LogP) is 3.82. The van der Waals surface area contributed by atoms with Crippen molar-refractivity contribution in [3.8, 4) is 5.75 Å². The first-order valence-corrected chi connectivity index (χ1v) is 6.79. The van der Waals surface area contributed by atoms with E-state index in [4.69, 9.17) is 9.47 Å². The van der Waals surface area contributed by atoms with E-state index in [1.165, 1.54) is 4.90 Å². The Morgan fingerprint density at radius 1 is 1.37 bits per heavy atom. The van der Waals surface area contributed by atoms with Crippen molar-refractivity contribution in [1.82, 2.24) is 4.90 Å². The number of benzene rings is 1. The zero-order valence-corrected chi connectivity index (χ0v) is 13.6. The molecule has 0 unspecified atom stereocenters. The number of para-hydroxylation sites is 1. The number of halogens is 1. The van der Waals surface area contributed by atoms with E-state index in [1.807, 2.05) is 39.0 Å². The summed E-state index contributed by atoms with van der Waals surface area (Å²) in [5.41, 5.74) is 0.428. The van der Waals surface area contributed by atoms with Crippen molar-refractivity contribution in [2.45, 2.75) is 32.9 Å². The van der Waals surface area contributed by atoms with Crippen LogP contribution in [0.1, 0.15) is 26.3 Å². The van der Waals surface area contributed by atoms with Gasteiger partial charge in [0.05, 0.1) is 18.1 Å². The first-order chi connectivity index (χ1) is 8.74. The number of carbonyl (C=O) groups is 1. The molecule has 0 heterocycles. The monoisotopic (exact) mass is 329 g/mol. The Morgan fingerprint density at radius 3 is 2.53 bits per heavy atom. The van der Waals surface area contributed by atoms with Gasteiger partial charge in [-0.1, -0.05) is 12.1 Å². The fraction of sp³-hybridized carbons (Fsp3) is 0.500. The lowest BCUT2D eigenvalue weighted by atomic mass is 10.2. The van der Waals surface area contributed by atoms with Crippen LogP contribution in [0.2, 0.25) is 0 Å². The van der Waals surface area contributed by atoms with Gasteiger partial charge in [-0.05, 0) is 42.8 Å². The molecule has 0 bridgehead atoms. The molecule has 1 rings (SSSR count). The molecule has 0 atom stereocenters. The molecule has 19 heavy (non-hydrogen) atoms. The minimum absolute atomic E-state index is 0.352. The zero-order valence-electron chi connectivity index (χ0n) is 12.0. The van der Waals surface area contributed by atoms with Crippen LogP contribution in [0, 0.1) is 0 Å². The van der Waals surface area contributed by atoms with Gasteiger partial charge in [0, 0.05) is 12.6 Å². The minimum atomic E-state index is -0.493. The number of hydrogen-bond donors (Lipinski definition) is 0. The van der Waals surface area contributed by atoms with Gasteiger partial charge < -0.3 is 14.4 Å². The van der Waals surface area contributed by atoms with Gasteiger partial charge in [-0.25, -0.2) is 4.79 Å².